The second-order valence-electron chi connectivity index (χ2n) is 6.67. The summed E-state index contributed by atoms with van der Waals surface area (Å²) in [5, 5.41) is 11.0. The molecule has 4 rings (SSSR count). The number of halogens is 2. The van der Waals surface area contributed by atoms with Crippen LogP contribution in [0.5, 0.6) is 5.75 Å². The van der Waals surface area contributed by atoms with Gasteiger partial charge in [-0.15, -0.1) is 0 Å². The number of ether oxygens (including phenoxy) is 2. The summed E-state index contributed by atoms with van der Waals surface area (Å²) in [7, 11) is 6.61. The van der Waals surface area contributed by atoms with Gasteiger partial charge in [0, 0.05) is 31.9 Å². The Labute approximate surface area is 176 Å². The summed E-state index contributed by atoms with van der Waals surface area (Å²) in [5.41, 5.74) is 1.58. The topological polar surface area (TPSA) is 94.8 Å². The number of hydrogen-bond acceptors (Lipinski definition) is 6. The predicted molar refractivity (Wildman–Crippen MR) is 111 cm³/mol. The monoisotopic (exact) mass is 433 g/mol. The van der Waals surface area contributed by atoms with Crippen molar-refractivity contribution in [1.29, 1.82) is 0 Å². The Bertz CT molecular complexity index is 1190. The Morgan fingerprint density at radius 2 is 2.17 bits per heavy atom. The molecule has 30 heavy (non-hydrogen) atoms. The number of nitrogens with zero attached hydrogens (tertiary/aromatic N) is 5. The molecule has 0 aliphatic rings. The molecule has 0 spiro atoms. The molecule has 3 aromatic heterocycles. The highest BCUT2D eigenvalue weighted by Gasteiger charge is 2.27. The third-order valence-electron chi connectivity index (χ3n) is 5.01. The molecule has 1 atom stereocenters. The highest BCUT2D eigenvalue weighted by atomic mass is 35.5. The molecular formula is C19H21ClFN7O2. The molecule has 1 unspecified atom stereocenters. The first kappa shape index (κ1) is 20.3. The minimum Gasteiger partial charge on any atom is -0.495 e. The quantitative estimate of drug-likeness (QED) is 0.465. The number of H-pyrrole nitrogens is 1. The van der Waals surface area contributed by atoms with Crippen LogP contribution in [0.4, 0.5) is 4.39 Å². The summed E-state index contributed by atoms with van der Waals surface area (Å²) in [6, 6.07) is 1.53. The van der Waals surface area contributed by atoms with E-state index >= 15 is 4.39 Å². The van der Waals surface area contributed by atoms with E-state index in [2.05, 4.69) is 25.5 Å². The van der Waals surface area contributed by atoms with Crippen LogP contribution in [-0.4, -0.2) is 57.2 Å². The van der Waals surface area contributed by atoms with Crippen LogP contribution >= 0.6 is 11.6 Å². The van der Waals surface area contributed by atoms with E-state index in [0.717, 1.165) is 0 Å². The van der Waals surface area contributed by atoms with Gasteiger partial charge in [0.25, 0.3) is 0 Å². The van der Waals surface area contributed by atoms with E-state index in [1.165, 1.54) is 7.11 Å². The van der Waals surface area contributed by atoms with Gasteiger partial charge >= 0.3 is 0 Å². The van der Waals surface area contributed by atoms with E-state index < -0.39 is 5.82 Å². The first-order valence-corrected chi connectivity index (χ1v) is 9.51. The van der Waals surface area contributed by atoms with Gasteiger partial charge in [-0.1, -0.05) is 11.6 Å². The molecule has 158 valence electrons. The van der Waals surface area contributed by atoms with Crippen molar-refractivity contribution in [2.45, 2.75) is 6.04 Å². The molecule has 11 heteroatoms. The lowest BCUT2D eigenvalue weighted by Gasteiger charge is -2.11. The Morgan fingerprint density at radius 3 is 2.80 bits per heavy atom. The molecule has 0 bridgehead atoms. The van der Waals surface area contributed by atoms with Crippen molar-refractivity contribution in [2.75, 3.05) is 27.9 Å². The summed E-state index contributed by atoms with van der Waals surface area (Å²) < 4.78 is 29.2. The van der Waals surface area contributed by atoms with E-state index in [0.29, 0.717) is 40.5 Å². The number of aryl methyl sites for hydroxylation is 1. The van der Waals surface area contributed by atoms with Crippen LogP contribution in [0, 0.1) is 5.82 Å². The van der Waals surface area contributed by atoms with Crippen molar-refractivity contribution < 1.29 is 13.9 Å². The number of fused-ring (bicyclic) bond motifs is 1. The normalized spacial score (nSPS) is 12.6. The number of methoxy groups -OCH3 is 2. The highest BCUT2D eigenvalue weighted by molar-refractivity contribution is 6.33. The van der Waals surface area contributed by atoms with Crippen LogP contribution in [0.25, 0.3) is 28.1 Å². The van der Waals surface area contributed by atoms with Gasteiger partial charge in [0.2, 0.25) is 0 Å². The third-order valence-corrected chi connectivity index (χ3v) is 5.36. The van der Waals surface area contributed by atoms with E-state index in [4.69, 9.17) is 21.1 Å². The molecule has 0 saturated carbocycles. The van der Waals surface area contributed by atoms with Crippen molar-refractivity contribution in [1.82, 2.24) is 34.6 Å². The van der Waals surface area contributed by atoms with Gasteiger partial charge in [0.1, 0.15) is 22.3 Å². The molecule has 0 saturated heterocycles. The number of aromatic nitrogens is 6. The smallest absolute Gasteiger partial charge is 0.200 e. The third kappa shape index (κ3) is 3.13. The lowest BCUT2D eigenvalue weighted by molar-refractivity contribution is 0.167. The maximum absolute atomic E-state index is 15.2. The number of nitrogens with one attached hydrogen (secondary N) is 2. The van der Waals surface area contributed by atoms with Crippen LogP contribution < -0.4 is 10.1 Å². The Kier molecular flexibility index (Phi) is 5.46. The molecule has 0 aliphatic carbocycles. The minimum absolute atomic E-state index is 0.0830. The molecule has 0 aliphatic heterocycles. The highest BCUT2D eigenvalue weighted by Crippen LogP contribution is 2.41. The number of imidazole rings is 1. The fourth-order valence-electron chi connectivity index (χ4n) is 3.56. The van der Waals surface area contributed by atoms with E-state index in [-0.39, 0.29) is 16.8 Å². The summed E-state index contributed by atoms with van der Waals surface area (Å²) >= 11 is 6.18. The van der Waals surface area contributed by atoms with Gasteiger partial charge in [-0.2, -0.15) is 5.10 Å². The van der Waals surface area contributed by atoms with E-state index in [1.807, 2.05) is 7.05 Å². The number of aromatic amines is 1. The zero-order valence-electron chi connectivity index (χ0n) is 16.9. The van der Waals surface area contributed by atoms with Crippen molar-refractivity contribution in [3.8, 4) is 23.0 Å². The number of likely N-dealkylation sites (N-methyl/N-ethyl adjacent to an activating group) is 1. The molecule has 4 aromatic rings. The van der Waals surface area contributed by atoms with Crippen molar-refractivity contribution >= 4 is 22.5 Å². The fraction of sp³-hybridized carbons (Fsp3) is 0.316. The van der Waals surface area contributed by atoms with Gasteiger partial charge in [-0.25, -0.2) is 14.4 Å². The van der Waals surface area contributed by atoms with Crippen LogP contribution in [0.15, 0.2) is 24.8 Å². The number of hydrogen-bond donors (Lipinski definition) is 2. The van der Waals surface area contributed by atoms with Gasteiger partial charge in [-0.3, -0.25) is 5.10 Å². The van der Waals surface area contributed by atoms with E-state index in [1.54, 1.807) is 48.1 Å². The standard InChI is InChI=1S/C19H21ClFN7O2/c1-22-11(8-29-3)18-24-19(26-25-18)17-16(28-6-5-23-9-28)10-7-12(30-4)13(20)14(21)15(10)27(17)2/h5-7,9,11,22H,8H2,1-4H3,(H,24,25,26). The first-order chi connectivity index (χ1) is 14.5. The van der Waals surface area contributed by atoms with Crippen molar-refractivity contribution in [3.05, 3.63) is 41.5 Å². The second-order valence-corrected chi connectivity index (χ2v) is 7.05. The molecule has 0 radical (unpaired) electrons. The van der Waals surface area contributed by atoms with E-state index in [9.17, 15) is 0 Å². The lowest BCUT2D eigenvalue weighted by Crippen LogP contribution is -2.22. The predicted octanol–water partition coefficient (Wildman–Crippen LogP) is 2.86. The molecule has 2 N–H and O–H groups in total. The van der Waals surface area contributed by atoms with Crippen molar-refractivity contribution in [3.63, 3.8) is 0 Å². The van der Waals surface area contributed by atoms with Gasteiger partial charge in [-0.05, 0) is 13.1 Å². The SMILES string of the molecule is CNC(COC)c1nc(-c2c(-n3ccnc3)c3cc(OC)c(Cl)c(F)c3n2C)n[nH]1. The maximum atomic E-state index is 15.2. The number of rotatable bonds is 7. The fourth-order valence-corrected chi connectivity index (χ4v) is 3.78. The zero-order valence-corrected chi connectivity index (χ0v) is 17.7. The largest absolute Gasteiger partial charge is 0.495 e. The molecular weight excluding hydrogens is 413 g/mol. The Morgan fingerprint density at radius 1 is 1.37 bits per heavy atom. The van der Waals surface area contributed by atoms with Gasteiger partial charge in [0.15, 0.2) is 11.6 Å². The lowest BCUT2D eigenvalue weighted by atomic mass is 10.2. The molecule has 3 heterocycles. The zero-order chi connectivity index (χ0) is 21.4. The Balaban J connectivity index is 2.01. The molecule has 9 nitrogen and oxygen atoms in total. The molecule has 0 fully saturated rings. The average molecular weight is 434 g/mol. The second kappa shape index (κ2) is 8.05. The van der Waals surface area contributed by atoms with Gasteiger partial charge in [0.05, 0.1) is 37.3 Å². The van der Waals surface area contributed by atoms with Crippen LogP contribution in [-0.2, 0) is 11.8 Å². The van der Waals surface area contributed by atoms with Crippen LogP contribution in [0.1, 0.15) is 11.9 Å². The van der Waals surface area contributed by atoms with Crippen molar-refractivity contribution in [2.24, 2.45) is 7.05 Å². The summed E-state index contributed by atoms with van der Waals surface area (Å²) in [4.78, 5) is 8.77. The molecule has 1 aromatic carbocycles. The number of benzene rings is 1. The summed E-state index contributed by atoms with van der Waals surface area (Å²) in [6.07, 6.45) is 5.05. The summed E-state index contributed by atoms with van der Waals surface area (Å²) in [6.45, 7) is 0.413. The van der Waals surface area contributed by atoms with Crippen LogP contribution in [0.2, 0.25) is 5.02 Å². The minimum atomic E-state index is -0.579. The van der Waals surface area contributed by atoms with Gasteiger partial charge < -0.3 is 23.9 Å². The van der Waals surface area contributed by atoms with Crippen LogP contribution in [0.3, 0.4) is 0 Å². The average Bonchev–Trinajstić information content (AvgIpc) is 3.48. The molecule has 0 amide bonds. The first-order valence-electron chi connectivity index (χ1n) is 9.13. The Hall–Kier alpha value is -2.95. The summed E-state index contributed by atoms with van der Waals surface area (Å²) in [5.74, 6) is 0.668. The maximum Gasteiger partial charge on any atom is 0.200 e.